The van der Waals surface area contributed by atoms with Crippen molar-refractivity contribution in [3.63, 3.8) is 0 Å². The number of hydrogen-bond donors (Lipinski definition) is 1. The minimum Gasteiger partial charge on any atom is -0.550 e. The summed E-state index contributed by atoms with van der Waals surface area (Å²) in [5.74, 6) is 0.287. The van der Waals surface area contributed by atoms with Gasteiger partial charge in [-0.25, -0.2) is 0 Å². The van der Waals surface area contributed by atoms with Crippen LogP contribution in [0.25, 0.3) is 11.1 Å². The fourth-order valence-corrected chi connectivity index (χ4v) is 7.38. The molecule has 6 heteroatoms. The molecule has 3 aliphatic rings. The summed E-state index contributed by atoms with van der Waals surface area (Å²) in [6, 6.07) is 17.2. The molecule has 0 radical (unpaired) electrons. The van der Waals surface area contributed by atoms with E-state index in [9.17, 15) is 14.7 Å². The predicted octanol–water partition coefficient (Wildman–Crippen LogP) is 5.84. The fourth-order valence-electron chi connectivity index (χ4n) is 7.38. The second kappa shape index (κ2) is 11.5. The third-order valence-electron chi connectivity index (χ3n) is 9.78. The van der Waals surface area contributed by atoms with E-state index < -0.39 is 5.97 Å². The Hall–Kier alpha value is -3.80. The Morgan fingerprint density at radius 3 is 2.57 bits per heavy atom. The quantitative estimate of drug-likeness (QED) is 0.295. The molecule has 0 bridgehead atoms. The van der Waals surface area contributed by atoms with E-state index in [-0.39, 0.29) is 23.7 Å². The topological polar surface area (TPSA) is 81.7 Å². The summed E-state index contributed by atoms with van der Waals surface area (Å²) in [5.41, 5.74) is 11.1. The van der Waals surface area contributed by atoms with E-state index >= 15 is 0 Å². The molecule has 1 atom stereocenters. The molecular formula is C36H41N2O4-. The lowest BCUT2D eigenvalue weighted by Crippen LogP contribution is -2.26. The lowest BCUT2D eigenvalue weighted by molar-refractivity contribution is -0.306. The molecular weight excluding hydrogens is 524 g/mol. The number of carbonyl (C=O) groups is 2. The molecule has 3 aromatic carbocycles. The average Bonchev–Trinajstić information content (AvgIpc) is 3.51. The van der Waals surface area contributed by atoms with Crippen LogP contribution in [0.5, 0.6) is 5.75 Å². The molecule has 2 aliphatic carbocycles. The third-order valence-corrected chi connectivity index (χ3v) is 9.78. The number of nitrogens with zero attached hydrogens (tertiary/aromatic N) is 1. The molecule has 1 heterocycles. The molecule has 3 aromatic rings. The first-order valence-electron chi connectivity index (χ1n) is 15.4. The SMILES string of the molecule is Cc1cc(OCCCN2CCCC2=O)cc(C)c1-c1cccc(CNc2ccc3c(c2)CC2(CC2)C3CC(=O)[O-])c1C. The highest BCUT2D eigenvalue weighted by molar-refractivity contribution is 5.78. The number of likely N-dealkylation sites (tertiary alicyclic amines) is 1. The van der Waals surface area contributed by atoms with E-state index in [0.717, 1.165) is 56.6 Å². The number of aliphatic carboxylic acids is 1. The molecule has 220 valence electrons. The van der Waals surface area contributed by atoms with Crippen molar-refractivity contribution in [2.45, 2.75) is 78.2 Å². The van der Waals surface area contributed by atoms with Gasteiger partial charge < -0.3 is 24.9 Å². The van der Waals surface area contributed by atoms with Crippen molar-refractivity contribution < 1.29 is 19.4 Å². The van der Waals surface area contributed by atoms with Crippen LogP contribution in [0.2, 0.25) is 0 Å². The monoisotopic (exact) mass is 565 g/mol. The van der Waals surface area contributed by atoms with Crippen LogP contribution in [0, 0.1) is 26.2 Å². The number of carbonyl (C=O) groups excluding carboxylic acids is 2. The molecule has 6 nitrogen and oxygen atoms in total. The van der Waals surface area contributed by atoms with Crippen molar-refractivity contribution >= 4 is 17.6 Å². The van der Waals surface area contributed by atoms with Crippen molar-refractivity contribution in [2.75, 3.05) is 25.0 Å². The Kier molecular flexibility index (Phi) is 7.73. The third kappa shape index (κ3) is 5.64. The van der Waals surface area contributed by atoms with Gasteiger partial charge in [0.25, 0.3) is 0 Å². The standard InChI is InChI=1S/C36H42N2O4/c1-23-17-29(42-16-6-15-38-14-5-9-33(38)39)18-24(2)35(23)30-8-4-7-26(25(30)3)22-37-28-10-11-31-27(19-28)21-36(12-13-36)32(31)20-34(40)41/h4,7-8,10-11,17-19,32,37H,5-6,9,12-16,20-22H2,1-3H3,(H,40,41)/p-1. The van der Waals surface area contributed by atoms with Gasteiger partial charge in [-0.15, -0.1) is 0 Å². The van der Waals surface area contributed by atoms with Gasteiger partial charge in [-0.2, -0.15) is 0 Å². The summed E-state index contributed by atoms with van der Waals surface area (Å²) in [5, 5.41) is 15.0. The number of amides is 1. The molecule has 1 N–H and O–H groups in total. The van der Waals surface area contributed by atoms with Crippen LogP contribution in [0.15, 0.2) is 48.5 Å². The first-order valence-corrected chi connectivity index (χ1v) is 15.4. The van der Waals surface area contributed by atoms with Crippen LogP contribution in [-0.2, 0) is 22.6 Å². The molecule has 1 spiro atoms. The molecule has 42 heavy (non-hydrogen) atoms. The van der Waals surface area contributed by atoms with Crippen LogP contribution in [0.3, 0.4) is 0 Å². The highest BCUT2D eigenvalue weighted by Crippen LogP contribution is 2.64. The molecule has 2 fully saturated rings. The maximum absolute atomic E-state index is 11.8. The van der Waals surface area contributed by atoms with E-state index in [4.69, 9.17) is 4.74 Å². The molecule has 1 saturated heterocycles. The maximum Gasteiger partial charge on any atom is 0.222 e. The second-order valence-electron chi connectivity index (χ2n) is 12.6. The molecule has 1 amide bonds. The first kappa shape index (κ1) is 28.3. The summed E-state index contributed by atoms with van der Waals surface area (Å²) in [7, 11) is 0. The van der Waals surface area contributed by atoms with E-state index in [1.54, 1.807) is 0 Å². The van der Waals surface area contributed by atoms with Gasteiger partial charge in [0.15, 0.2) is 0 Å². The van der Waals surface area contributed by atoms with Gasteiger partial charge in [0.1, 0.15) is 5.75 Å². The number of anilines is 1. The van der Waals surface area contributed by atoms with Gasteiger partial charge in [-0.3, -0.25) is 4.79 Å². The van der Waals surface area contributed by atoms with Crippen LogP contribution in [-0.4, -0.2) is 36.5 Å². The smallest absolute Gasteiger partial charge is 0.222 e. The number of rotatable bonds is 11. The van der Waals surface area contributed by atoms with E-state index in [1.807, 2.05) is 4.90 Å². The van der Waals surface area contributed by atoms with Crippen LogP contribution < -0.4 is 15.2 Å². The van der Waals surface area contributed by atoms with E-state index in [2.05, 4.69) is 74.6 Å². The van der Waals surface area contributed by atoms with Gasteiger partial charge in [-0.1, -0.05) is 24.3 Å². The number of carboxylic acid groups (broad SMARTS) is 1. The van der Waals surface area contributed by atoms with Gasteiger partial charge in [0.2, 0.25) is 5.91 Å². The van der Waals surface area contributed by atoms with Crippen LogP contribution in [0.1, 0.15) is 77.8 Å². The molecule has 1 aliphatic heterocycles. The number of benzene rings is 3. The molecule has 1 saturated carbocycles. The molecule has 1 unspecified atom stereocenters. The Morgan fingerprint density at radius 1 is 1.10 bits per heavy atom. The lowest BCUT2D eigenvalue weighted by Gasteiger charge is -2.20. The summed E-state index contributed by atoms with van der Waals surface area (Å²) < 4.78 is 6.09. The number of aryl methyl sites for hydroxylation is 2. The van der Waals surface area contributed by atoms with Crippen LogP contribution >= 0.6 is 0 Å². The lowest BCUT2D eigenvalue weighted by atomic mass is 9.87. The highest BCUT2D eigenvalue weighted by atomic mass is 16.5. The number of nitrogens with one attached hydrogen (secondary N) is 1. The van der Waals surface area contributed by atoms with Crippen molar-refractivity contribution in [3.8, 4) is 16.9 Å². The number of ether oxygens (including phenoxy) is 1. The van der Waals surface area contributed by atoms with Crippen LogP contribution in [0.4, 0.5) is 5.69 Å². The summed E-state index contributed by atoms with van der Waals surface area (Å²) in [6.07, 6.45) is 5.81. The zero-order valence-electron chi connectivity index (χ0n) is 25.1. The average molecular weight is 566 g/mol. The maximum atomic E-state index is 11.8. The number of fused-ring (bicyclic) bond motifs is 1. The van der Waals surface area contributed by atoms with Gasteiger partial charge >= 0.3 is 0 Å². The minimum atomic E-state index is -0.948. The minimum absolute atomic E-state index is 0.0920. The zero-order chi connectivity index (χ0) is 29.4. The second-order valence-corrected chi connectivity index (χ2v) is 12.6. The zero-order valence-corrected chi connectivity index (χ0v) is 25.1. The predicted molar refractivity (Wildman–Crippen MR) is 164 cm³/mol. The Bertz CT molecular complexity index is 1500. The summed E-state index contributed by atoms with van der Waals surface area (Å²) in [6.45, 7) is 9.44. The van der Waals surface area contributed by atoms with E-state index in [1.165, 1.54) is 44.5 Å². The highest BCUT2D eigenvalue weighted by Gasteiger charge is 2.53. The van der Waals surface area contributed by atoms with Gasteiger partial charge in [0, 0.05) is 37.7 Å². The molecule has 0 aromatic heterocycles. The van der Waals surface area contributed by atoms with E-state index in [0.29, 0.717) is 19.6 Å². The van der Waals surface area contributed by atoms with Gasteiger partial charge in [-0.05, 0) is 139 Å². The summed E-state index contributed by atoms with van der Waals surface area (Å²) >= 11 is 0. The number of hydrogen-bond acceptors (Lipinski definition) is 5. The Balaban J connectivity index is 1.12. The first-order chi connectivity index (χ1) is 20.2. The van der Waals surface area contributed by atoms with Crippen molar-refractivity contribution in [2.24, 2.45) is 5.41 Å². The molecule has 6 rings (SSSR count). The largest absolute Gasteiger partial charge is 0.550 e. The van der Waals surface area contributed by atoms with Crippen molar-refractivity contribution in [1.29, 1.82) is 0 Å². The fraction of sp³-hybridized carbons (Fsp3) is 0.444. The van der Waals surface area contributed by atoms with Crippen molar-refractivity contribution in [1.82, 2.24) is 4.90 Å². The number of carboxylic acids is 1. The normalized spacial score (nSPS) is 18.4. The Morgan fingerprint density at radius 2 is 1.88 bits per heavy atom. The Labute approximate surface area is 249 Å². The summed E-state index contributed by atoms with van der Waals surface area (Å²) in [4.78, 5) is 25.2. The van der Waals surface area contributed by atoms with Crippen molar-refractivity contribution in [3.05, 3.63) is 81.9 Å². The van der Waals surface area contributed by atoms with Gasteiger partial charge in [0.05, 0.1) is 6.61 Å².